The summed E-state index contributed by atoms with van der Waals surface area (Å²) in [4.78, 5) is 21.2. The first-order valence-electron chi connectivity index (χ1n) is 11.7. The van der Waals surface area contributed by atoms with Crippen molar-refractivity contribution in [3.63, 3.8) is 0 Å². The normalized spacial score (nSPS) is 21.7. The number of hydrogen-bond donors (Lipinski definition) is 0. The van der Waals surface area contributed by atoms with E-state index in [1.54, 1.807) is 24.5 Å². The zero-order valence-electron chi connectivity index (χ0n) is 19.4. The summed E-state index contributed by atoms with van der Waals surface area (Å²) in [6, 6.07) is 9.30. The van der Waals surface area contributed by atoms with E-state index in [1.165, 1.54) is 9.99 Å². The molecule has 1 unspecified atom stereocenters. The fraction of sp³-hybridized carbons (Fsp3) is 0.500. The number of piperazine rings is 1. The average molecular weight is 542 g/mol. The highest BCUT2D eigenvalue weighted by molar-refractivity contribution is 7.89. The van der Waals surface area contributed by atoms with E-state index in [0.717, 1.165) is 31.5 Å². The summed E-state index contributed by atoms with van der Waals surface area (Å²) < 4.78 is 33.6. The van der Waals surface area contributed by atoms with Crippen molar-refractivity contribution in [3.05, 3.63) is 53.3 Å². The molecule has 8 nitrogen and oxygen atoms in total. The molecule has 11 heteroatoms. The number of amides is 1. The van der Waals surface area contributed by atoms with Crippen molar-refractivity contribution >= 4 is 45.6 Å². The molecular formula is C24H30Cl2N4O4S. The van der Waals surface area contributed by atoms with Crippen LogP contribution >= 0.6 is 24.0 Å². The van der Waals surface area contributed by atoms with E-state index in [9.17, 15) is 13.2 Å². The molecule has 0 N–H and O–H groups in total. The lowest BCUT2D eigenvalue weighted by Crippen LogP contribution is -2.56. The number of piperidine rings is 1. The Morgan fingerprint density at radius 2 is 1.80 bits per heavy atom. The fourth-order valence-corrected chi connectivity index (χ4v) is 6.90. The molecule has 2 fully saturated rings. The van der Waals surface area contributed by atoms with E-state index < -0.39 is 15.3 Å². The molecule has 1 amide bonds. The van der Waals surface area contributed by atoms with Crippen LogP contribution in [0.3, 0.4) is 0 Å². The fourth-order valence-electron chi connectivity index (χ4n) is 5.06. The number of pyridine rings is 1. The van der Waals surface area contributed by atoms with Crippen molar-refractivity contribution in [2.45, 2.75) is 24.5 Å². The van der Waals surface area contributed by atoms with Crippen LogP contribution in [0.5, 0.6) is 5.75 Å². The Balaban J connectivity index is 0.00000289. The molecule has 2 saturated heterocycles. The van der Waals surface area contributed by atoms with Crippen LogP contribution in [0.2, 0.25) is 5.02 Å². The Hall–Kier alpha value is -2.07. The van der Waals surface area contributed by atoms with Crippen LogP contribution in [0.15, 0.2) is 42.7 Å². The largest absolute Gasteiger partial charge is 0.492 e. The van der Waals surface area contributed by atoms with Gasteiger partial charge in [-0.1, -0.05) is 17.7 Å². The summed E-state index contributed by atoms with van der Waals surface area (Å²) in [7, 11) is -3.65. The summed E-state index contributed by atoms with van der Waals surface area (Å²) in [5, 5.41) is -0.136. The summed E-state index contributed by atoms with van der Waals surface area (Å²) >= 11 is 6.01. The zero-order chi connectivity index (χ0) is 23.7. The van der Waals surface area contributed by atoms with E-state index in [4.69, 9.17) is 16.3 Å². The van der Waals surface area contributed by atoms with Crippen molar-refractivity contribution in [1.29, 1.82) is 0 Å². The number of halogens is 2. The third-order valence-corrected chi connectivity index (χ3v) is 9.50. The minimum absolute atomic E-state index is 0. The van der Waals surface area contributed by atoms with Crippen molar-refractivity contribution in [3.8, 4) is 5.75 Å². The Morgan fingerprint density at radius 3 is 2.51 bits per heavy atom. The van der Waals surface area contributed by atoms with Gasteiger partial charge in [-0.05, 0) is 55.0 Å². The molecule has 5 rings (SSSR count). The van der Waals surface area contributed by atoms with Gasteiger partial charge in [0, 0.05) is 55.8 Å². The molecule has 1 aromatic heterocycles. The van der Waals surface area contributed by atoms with Crippen LogP contribution in [-0.2, 0) is 21.2 Å². The molecule has 3 aliphatic heterocycles. The lowest BCUT2D eigenvalue weighted by atomic mass is 9.95. The smallest absolute Gasteiger partial charge is 0.237 e. The van der Waals surface area contributed by atoms with Crippen LogP contribution in [0, 0.1) is 5.92 Å². The predicted octanol–water partition coefficient (Wildman–Crippen LogP) is 2.85. The second-order valence-corrected chi connectivity index (χ2v) is 11.9. The quantitative estimate of drug-likeness (QED) is 0.579. The first kappa shape index (κ1) is 26.0. The van der Waals surface area contributed by atoms with Gasteiger partial charge in [-0.3, -0.25) is 9.78 Å². The van der Waals surface area contributed by atoms with E-state index >= 15 is 0 Å². The van der Waals surface area contributed by atoms with Gasteiger partial charge in [-0.25, -0.2) is 8.42 Å². The number of rotatable bonds is 5. The van der Waals surface area contributed by atoms with Gasteiger partial charge in [0.05, 0.1) is 6.54 Å². The van der Waals surface area contributed by atoms with Gasteiger partial charge in [0.2, 0.25) is 15.9 Å². The predicted molar refractivity (Wildman–Crippen MR) is 138 cm³/mol. The van der Waals surface area contributed by atoms with Crippen LogP contribution in [-0.4, -0.2) is 79.6 Å². The third-order valence-electron chi connectivity index (χ3n) is 7.09. The highest BCUT2D eigenvalue weighted by Crippen LogP contribution is 2.31. The van der Waals surface area contributed by atoms with Gasteiger partial charge in [0.1, 0.15) is 17.6 Å². The average Bonchev–Trinajstić information content (AvgIpc) is 2.86. The minimum atomic E-state index is -3.65. The molecule has 190 valence electrons. The Labute approximate surface area is 217 Å². The zero-order valence-corrected chi connectivity index (χ0v) is 21.8. The molecule has 0 radical (unpaired) electrons. The third kappa shape index (κ3) is 5.69. The molecule has 1 aromatic carbocycles. The molecule has 0 saturated carbocycles. The maximum atomic E-state index is 13.3. The molecule has 2 aromatic rings. The van der Waals surface area contributed by atoms with Crippen LogP contribution in [0.25, 0.3) is 0 Å². The lowest BCUT2D eigenvalue weighted by Gasteiger charge is -2.39. The van der Waals surface area contributed by atoms with Gasteiger partial charge in [-0.2, -0.15) is 4.31 Å². The van der Waals surface area contributed by atoms with E-state index in [0.29, 0.717) is 42.7 Å². The van der Waals surface area contributed by atoms with Gasteiger partial charge in [-0.15, -0.1) is 12.4 Å². The maximum absolute atomic E-state index is 13.3. The Morgan fingerprint density at radius 1 is 1.06 bits per heavy atom. The lowest BCUT2D eigenvalue weighted by molar-refractivity contribution is -0.134. The van der Waals surface area contributed by atoms with E-state index in [-0.39, 0.29) is 31.5 Å². The minimum Gasteiger partial charge on any atom is -0.492 e. The number of ether oxygens (including phenoxy) is 1. The standard InChI is InChI=1S/C24H29ClN4O4S.ClH/c25-20-2-1-19-13-22(17-33-23(19)14-20)34(31,32)29-12-11-28(24(30)16-29)15-18-5-9-27(10-6-18)21-3-7-26-8-4-21;/h1-4,7-8,14,18,22H,5-6,9-13,15-17H2;1H. The molecule has 3 aliphatic rings. The van der Waals surface area contributed by atoms with Gasteiger partial charge in [0.25, 0.3) is 0 Å². The second-order valence-electron chi connectivity index (χ2n) is 9.24. The van der Waals surface area contributed by atoms with Crippen molar-refractivity contribution in [1.82, 2.24) is 14.2 Å². The monoisotopic (exact) mass is 540 g/mol. The van der Waals surface area contributed by atoms with E-state index in [1.807, 2.05) is 23.1 Å². The number of carbonyl (C=O) groups excluding carboxylic acids is 1. The summed E-state index contributed by atoms with van der Waals surface area (Å²) in [5.41, 5.74) is 2.01. The number of sulfonamides is 1. The second kappa shape index (κ2) is 10.9. The maximum Gasteiger partial charge on any atom is 0.237 e. The molecule has 0 bridgehead atoms. The molecule has 4 heterocycles. The highest BCUT2D eigenvalue weighted by Gasteiger charge is 2.39. The van der Waals surface area contributed by atoms with Crippen molar-refractivity contribution in [2.75, 3.05) is 50.8 Å². The topological polar surface area (TPSA) is 83.0 Å². The first-order valence-corrected chi connectivity index (χ1v) is 13.6. The van der Waals surface area contributed by atoms with Gasteiger partial charge < -0.3 is 14.5 Å². The molecule has 1 atom stereocenters. The molecule has 0 aliphatic carbocycles. The van der Waals surface area contributed by atoms with Crippen LogP contribution < -0.4 is 9.64 Å². The van der Waals surface area contributed by atoms with Gasteiger partial charge >= 0.3 is 0 Å². The molecule has 0 spiro atoms. The summed E-state index contributed by atoms with van der Waals surface area (Å²) in [6.45, 7) is 3.33. The summed E-state index contributed by atoms with van der Waals surface area (Å²) in [6.07, 6.45) is 6.00. The number of nitrogens with zero attached hydrogens (tertiary/aromatic N) is 4. The number of hydrogen-bond acceptors (Lipinski definition) is 6. The first-order chi connectivity index (χ1) is 16.4. The highest BCUT2D eigenvalue weighted by atomic mass is 35.5. The number of aromatic nitrogens is 1. The van der Waals surface area contributed by atoms with Crippen LogP contribution in [0.1, 0.15) is 18.4 Å². The van der Waals surface area contributed by atoms with Crippen LogP contribution in [0.4, 0.5) is 5.69 Å². The number of carbonyl (C=O) groups is 1. The molecule has 35 heavy (non-hydrogen) atoms. The summed E-state index contributed by atoms with van der Waals surface area (Å²) in [5.74, 6) is 0.949. The van der Waals surface area contributed by atoms with E-state index in [2.05, 4.69) is 9.88 Å². The Bertz CT molecular complexity index is 1140. The Kier molecular flexibility index (Phi) is 8.10. The van der Waals surface area contributed by atoms with Gasteiger partial charge in [0.15, 0.2) is 0 Å². The number of benzene rings is 1. The number of fused-ring (bicyclic) bond motifs is 1. The van der Waals surface area contributed by atoms with Crippen molar-refractivity contribution < 1.29 is 17.9 Å². The number of anilines is 1. The molecular weight excluding hydrogens is 511 g/mol. The SMILES string of the molecule is Cl.O=C1CN(S(=O)(=O)C2COc3cc(Cl)ccc3C2)CCN1CC1CCN(c2ccncc2)CC1. The van der Waals surface area contributed by atoms with Crippen molar-refractivity contribution in [2.24, 2.45) is 5.92 Å².